The van der Waals surface area contributed by atoms with Crippen LogP contribution >= 0.6 is 0 Å². The first-order chi connectivity index (χ1) is 18.3. The smallest absolute Gasteiger partial charge is 0.123 e. The molecule has 194 valence electrons. The lowest BCUT2D eigenvalue weighted by Crippen LogP contribution is -2.16. The van der Waals surface area contributed by atoms with Gasteiger partial charge in [-0.2, -0.15) is 0 Å². The number of benzene rings is 1. The first-order valence-corrected chi connectivity index (χ1v) is 15.1. The molecule has 4 heterocycles. The fourth-order valence-corrected chi connectivity index (χ4v) is 8.58. The molecule has 0 radical (unpaired) electrons. The summed E-state index contributed by atoms with van der Waals surface area (Å²) in [7, 11) is 0. The first-order valence-electron chi connectivity index (χ1n) is 15.1. The van der Waals surface area contributed by atoms with Crippen LogP contribution in [0.2, 0.25) is 0 Å². The highest BCUT2D eigenvalue weighted by atomic mass is 15.0. The van der Waals surface area contributed by atoms with Gasteiger partial charge in [0.25, 0.3) is 0 Å². The predicted octanol–water partition coefficient (Wildman–Crippen LogP) is 6.45. The average molecular weight is 497 g/mol. The highest BCUT2D eigenvalue weighted by molar-refractivity contribution is 5.70. The van der Waals surface area contributed by atoms with Crippen molar-refractivity contribution in [2.75, 3.05) is 13.1 Å². The number of fused-ring (bicyclic) bond motifs is 5. The second kappa shape index (κ2) is 9.09. The molecule has 0 spiro atoms. The van der Waals surface area contributed by atoms with E-state index in [9.17, 15) is 0 Å². The molecule has 0 amide bonds. The lowest BCUT2D eigenvalue weighted by molar-refractivity contribution is 0.389. The Balaban J connectivity index is 1.04. The maximum Gasteiger partial charge on any atom is 0.123 e. The molecule has 3 aromatic rings. The van der Waals surface area contributed by atoms with E-state index in [0.29, 0.717) is 23.9 Å². The van der Waals surface area contributed by atoms with Gasteiger partial charge in [0.2, 0.25) is 0 Å². The molecule has 2 unspecified atom stereocenters. The van der Waals surface area contributed by atoms with Crippen molar-refractivity contribution < 1.29 is 0 Å². The van der Waals surface area contributed by atoms with E-state index in [1.807, 2.05) is 0 Å². The molecule has 2 saturated carbocycles. The van der Waals surface area contributed by atoms with Gasteiger partial charge in [-0.05, 0) is 118 Å². The van der Waals surface area contributed by atoms with Crippen molar-refractivity contribution >= 4 is 0 Å². The predicted molar refractivity (Wildman–Crippen MR) is 146 cm³/mol. The summed E-state index contributed by atoms with van der Waals surface area (Å²) in [5, 5.41) is 7.18. The minimum atomic E-state index is 0.396. The Morgan fingerprint density at radius 2 is 1.27 bits per heavy atom. The van der Waals surface area contributed by atoms with Crippen LogP contribution in [0.3, 0.4) is 0 Å². The third-order valence-corrected chi connectivity index (χ3v) is 10.5. The molecule has 2 bridgehead atoms. The van der Waals surface area contributed by atoms with E-state index in [-0.39, 0.29) is 0 Å². The van der Waals surface area contributed by atoms with Crippen molar-refractivity contribution in [3.63, 3.8) is 0 Å². The zero-order chi connectivity index (χ0) is 24.3. The quantitative estimate of drug-likeness (QED) is 0.327. The van der Waals surface area contributed by atoms with E-state index in [2.05, 4.69) is 45.1 Å². The summed E-state index contributed by atoms with van der Waals surface area (Å²) in [6.07, 6.45) is 18.4. The Labute approximate surface area is 219 Å². The van der Waals surface area contributed by atoms with E-state index < -0.39 is 0 Å². The molecule has 5 aliphatic rings. The van der Waals surface area contributed by atoms with Crippen LogP contribution in [0.5, 0.6) is 0 Å². The Bertz CT molecular complexity index is 1270. The molecule has 6 nitrogen and oxygen atoms in total. The van der Waals surface area contributed by atoms with Gasteiger partial charge in [-0.25, -0.2) is 9.97 Å². The monoisotopic (exact) mass is 496 g/mol. The third-order valence-electron chi connectivity index (χ3n) is 10.5. The summed E-state index contributed by atoms with van der Waals surface area (Å²) < 4.78 is 0. The van der Waals surface area contributed by atoms with Crippen LogP contribution in [0, 0.1) is 0 Å². The van der Waals surface area contributed by atoms with Gasteiger partial charge in [0.05, 0.1) is 24.0 Å². The molecule has 2 aromatic heterocycles. The first kappa shape index (κ1) is 22.5. The van der Waals surface area contributed by atoms with Crippen LogP contribution in [0.15, 0.2) is 24.5 Å². The van der Waals surface area contributed by atoms with E-state index in [1.54, 1.807) is 16.7 Å². The Morgan fingerprint density at radius 3 is 2.00 bits per heavy atom. The number of nitrogens with zero attached hydrogens (tertiary/aromatic N) is 2. The van der Waals surface area contributed by atoms with Gasteiger partial charge in [0.15, 0.2) is 0 Å². The number of H-pyrrole nitrogens is 2. The lowest BCUT2D eigenvalue weighted by Gasteiger charge is -2.32. The van der Waals surface area contributed by atoms with Crippen molar-refractivity contribution in [3.8, 4) is 11.3 Å². The Kier molecular flexibility index (Phi) is 5.54. The van der Waals surface area contributed by atoms with Gasteiger partial charge in [-0.15, -0.1) is 0 Å². The molecule has 1 aromatic carbocycles. The van der Waals surface area contributed by atoms with Crippen LogP contribution in [-0.2, 0) is 0 Å². The van der Waals surface area contributed by atoms with Crippen LogP contribution in [0.1, 0.15) is 140 Å². The molecule has 4 atom stereocenters. The summed E-state index contributed by atoms with van der Waals surface area (Å²) in [6, 6.07) is 5.78. The molecule has 6 heteroatoms. The number of hydrogen-bond donors (Lipinski definition) is 4. The zero-order valence-corrected chi connectivity index (χ0v) is 21.9. The minimum Gasteiger partial charge on any atom is -0.344 e. The van der Waals surface area contributed by atoms with E-state index in [1.165, 1.54) is 87.6 Å². The summed E-state index contributed by atoms with van der Waals surface area (Å²) >= 11 is 0. The van der Waals surface area contributed by atoms with Crippen LogP contribution < -0.4 is 10.6 Å². The Morgan fingerprint density at radius 1 is 0.622 bits per heavy atom. The van der Waals surface area contributed by atoms with Crippen LogP contribution in [0.4, 0.5) is 0 Å². The van der Waals surface area contributed by atoms with E-state index in [4.69, 9.17) is 9.97 Å². The molecule has 37 heavy (non-hydrogen) atoms. The third kappa shape index (κ3) is 3.82. The number of hydrogen-bond acceptors (Lipinski definition) is 4. The van der Waals surface area contributed by atoms with E-state index in [0.717, 1.165) is 36.6 Å². The van der Waals surface area contributed by atoms with Crippen LogP contribution in [0.25, 0.3) is 11.3 Å². The maximum absolute atomic E-state index is 4.81. The normalized spacial score (nSPS) is 32.9. The Hall–Kier alpha value is -2.44. The summed E-state index contributed by atoms with van der Waals surface area (Å²) in [4.78, 5) is 17.0. The standard InChI is InChI=1S/C31H40N6/c1-3-24(32-13-1)30-34-16-26(36-30)19-7-5-18(6-8-19)22-11-12-23(29-21-10-9-20(15-21)28(22)29)27-17-35-31(37-27)25-4-2-14-33-25/h11-12,16-21,24-25,32-33H,1-10,13-15H2,(H,34,36)(H,35,37)/t18?,19?,20?,21?,24-,25-/m0/s1. The molecule has 2 aliphatic heterocycles. The molecular weight excluding hydrogens is 456 g/mol. The van der Waals surface area contributed by atoms with Gasteiger partial charge in [0, 0.05) is 23.4 Å². The topological polar surface area (TPSA) is 81.4 Å². The second-order valence-electron chi connectivity index (χ2n) is 12.5. The lowest BCUT2D eigenvalue weighted by atomic mass is 9.73. The SMILES string of the molecule is c1nc([C@@H]2CCCN2)[nH]c1-c1ccc(C2CCC(c3cnc([C@@H]4CCCN4)[nH]3)CC2)c2c1C1CCC2C1. The number of aromatic amines is 2. The van der Waals surface area contributed by atoms with Crippen LogP contribution in [-0.4, -0.2) is 33.0 Å². The van der Waals surface area contributed by atoms with Gasteiger partial charge in [0.1, 0.15) is 11.6 Å². The number of imidazole rings is 2. The second-order valence-corrected chi connectivity index (χ2v) is 12.5. The fourth-order valence-electron chi connectivity index (χ4n) is 8.58. The van der Waals surface area contributed by atoms with E-state index >= 15 is 0 Å². The maximum atomic E-state index is 4.81. The van der Waals surface area contributed by atoms with Crippen molar-refractivity contribution in [2.45, 2.75) is 106 Å². The summed E-state index contributed by atoms with van der Waals surface area (Å²) in [5.74, 6) is 5.14. The highest BCUT2D eigenvalue weighted by Gasteiger charge is 2.42. The van der Waals surface area contributed by atoms with Gasteiger partial charge in [-0.3, -0.25) is 0 Å². The molecule has 2 saturated heterocycles. The van der Waals surface area contributed by atoms with Crippen molar-refractivity contribution in [3.05, 3.63) is 58.6 Å². The molecule has 4 fully saturated rings. The minimum absolute atomic E-state index is 0.396. The number of aromatic nitrogens is 4. The zero-order valence-electron chi connectivity index (χ0n) is 21.9. The number of rotatable bonds is 5. The molecular formula is C31H40N6. The summed E-state index contributed by atoms with van der Waals surface area (Å²) in [5.41, 5.74) is 9.13. The summed E-state index contributed by atoms with van der Waals surface area (Å²) in [6.45, 7) is 2.23. The van der Waals surface area contributed by atoms with Gasteiger partial charge in [-0.1, -0.05) is 12.1 Å². The largest absolute Gasteiger partial charge is 0.344 e. The van der Waals surface area contributed by atoms with Crippen molar-refractivity contribution in [1.82, 2.24) is 30.6 Å². The molecule has 3 aliphatic carbocycles. The molecule has 8 rings (SSSR count). The fraction of sp³-hybridized carbons (Fsp3) is 0.613. The molecule has 4 N–H and O–H groups in total. The highest BCUT2D eigenvalue weighted by Crippen LogP contribution is 2.58. The van der Waals surface area contributed by atoms with Gasteiger partial charge >= 0.3 is 0 Å². The van der Waals surface area contributed by atoms with Crippen molar-refractivity contribution in [2.24, 2.45) is 0 Å². The average Bonchev–Trinajstić information content (AvgIpc) is 3.79. The van der Waals surface area contributed by atoms with Crippen molar-refractivity contribution in [1.29, 1.82) is 0 Å². The van der Waals surface area contributed by atoms with Gasteiger partial charge < -0.3 is 20.6 Å². The number of nitrogens with one attached hydrogen (secondary N) is 4.